The fourth-order valence-corrected chi connectivity index (χ4v) is 2.58. The molecule has 0 unspecified atom stereocenters. The first-order valence-corrected chi connectivity index (χ1v) is 7.75. The van der Waals surface area contributed by atoms with Crippen LogP contribution < -0.4 is 0 Å². The van der Waals surface area contributed by atoms with Gasteiger partial charge in [-0.3, -0.25) is 4.55 Å². The highest BCUT2D eigenvalue weighted by atomic mass is 32.3. The molecule has 0 aliphatic heterocycles. The second kappa shape index (κ2) is 6.21. The van der Waals surface area contributed by atoms with E-state index < -0.39 is 10.4 Å². The van der Waals surface area contributed by atoms with Crippen molar-refractivity contribution in [3.63, 3.8) is 0 Å². The van der Waals surface area contributed by atoms with Gasteiger partial charge in [-0.15, -0.1) is 0 Å². The highest BCUT2D eigenvalue weighted by Crippen LogP contribution is 2.21. The summed E-state index contributed by atoms with van der Waals surface area (Å²) in [6.07, 6.45) is 0. The SMILES string of the molecule is O=S(=O)(O)OSCc1ccc(-c2ccccc2)cc1. The molecular weight excluding hydrogens is 284 g/mol. The van der Waals surface area contributed by atoms with Crippen molar-refractivity contribution in [1.29, 1.82) is 0 Å². The highest BCUT2D eigenvalue weighted by molar-refractivity contribution is 8.02. The Morgan fingerprint density at radius 2 is 1.53 bits per heavy atom. The molecule has 4 nitrogen and oxygen atoms in total. The molecule has 0 bridgehead atoms. The van der Waals surface area contributed by atoms with Gasteiger partial charge >= 0.3 is 10.4 Å². The van der Waals surface area contributed by atoms with Gasteiger partial charge in [-0.2, -0.15) is 12.0 Å². The Bertz CT molecular complexity index is 621. The zero-order valence-electron chi connectivity index (χ0n) is 9.89. The summed E-state index contributed by atoms with van der Waals surface area (Å²) in [5.41, 5.74) is 3.12. The van der Waals surface area contributed by atoms with E-state index in [-0.39, 0.29) is 0 Å². The van der Waals surface area contributed by atoms with E-state index in [9.17, 15) is 8.42 Å². The molecule has 0 atom stereocenters. The van der Waals surface area contributed by atoms with E-state index in [0.29, 0.717) is 17.8 Å². The van der Waals surface area contributed by atoms with Gasteiger partial charge in [0.25, 0.3) is 0 Å². The van der Waals surface area contributed by atoms with Crippen LogP contribution >= 0.6 is 12.0 Å². The summed E-state index contributed by atoms with van der Waals surface area (Å²) in [5.74, 6) is 0.342. The van der Waals surface area contributed by atoms with Crippen molar-refractivity contribution in [3.8, 4) is 11.1 Å². The molecule has 0 amide bonds. The fourth-order valence-electron chi connectivity index (χ4n) is 1.58. The molecule has 0 fully saturated rings. The average Bonchev–Trinajstić information content (AvgIpc) is 2.39. The maximum absolute atomic E-state index is 10.4. The van der Waals surface area contributed by atoms with E-state index in [1.54, 1.807) is 0 Å². The number of benzene rings is 2. The molecule has 0 spiro atoms. The van der Waals surface area contributed by atoms with Crippen LogP contribution in [0.1, 0.15) is 5.56 Å². The molecule has 0 saturated heterocycles. The summed E-state index contributed by atoms with van der Waals surface area (Å²) in [5, 5.41) is 0. The van der Waals surface area contributed by atoms with E-state index >= 15 is 0 Å². The Labute approximate surface area is 116 Å². The summed E-state index contributed by atoms with van der Waals surface area (Å²) in [6, 6.07) is 17.6. The molecular formula is C13H12O4S2. The number of hydrogen-bond donors (Lipinski definition) is 1. The smallest absolute Gasteiger partial charge is 0.263 e. The van der Waals surface area contributed by atoms with Gasteiger partial charge in [0, 0.05) is 17.8 Å². The first kappa shape index (κ1) is 14.1. The molecule has 0 radical (unpaired) electrons. The topological polar surface area (TPSA) is 63.6 Å². The van der Waals surface area contributed by atoms with E-state index in [4.69, 9.17) is 4.55 Å². The summed E-state index contributed by atoms with van der Waals surface area (Å²) in [6.45, 7) is 0. The maximum Gasteiger partial charge on any atom is 0.408 e. The quantitative estimate of drug-likeness (QED) is 0.677. The standard InChI is InChI=1S/C13H12O4S2/c14-19(15,16)17-18-10-11-6-8-13(9-7-11)12-4-2-1-3-5-12/h1-9H,10H2,(H,14,15,16). The predicted molar refractivity (Wildman–Crippen MR) is 75.8 cm³/mol. The van der Waals surface area contributed by atoms with Gasteiger partial charge in [0.05, 0.1) is 0 Å². The summed E-state index contributed by atoms with van der Waals surface area (Å²) in [7, 11) is -4.38. The van der Waals surface area contributed by atoms with Gasteiger partial charge in [-0.25, -0.2) is 0 Å². The second-order valence-corrected chi connectivity index (χ2v) is 5.75. The van der Waals surface area contributed by atoms with Crippen LogP contribution in [-0.4, -0.2) is 13.0 Å². The molecule has 2 aromatic carbocycles. The average molecular weight is 296 g/mol. The first-order valence-electron chi connectivity index (χ1n) is 5.47. The Morgan fingerprint density at radius 3 is 2.11 bits per heavy atom. The van der Waals surface area contributed by atoms with Crippen molar-refractivity contribution in [2.75, 3.05) is 0 Å². The normalized spacial score (nSPS) is 11.4. The van der Waals surface area contributed by atoms with Crippen LogP contribution in [0.5, 0.6) is 0 Å². The predicted octanol–water partition coefficient (Wildman–Crippen LogP) is 3.32. The second-order valence-electron chi connectivity index (χ2n) is 3.82. The minimum atomic E-state index is -4.38. The number of rotatable bonds is 5. The molecule has 2 aromatic rings. The Balaban J connectivity index is 1.99. The lowest BCUT2D eigenvalue weighted by Crippen LogP contribution is -1.97. The molecule has 0 saturated carbocycles. The van der Waals surface area contributed by atoms with Crippen molar-refractivity contribution in [2.45, 2.75) is 5.75 Å². The zero-order valence-corrected chi connectivity index (χ0v) is 11.5. The fraction of sp³-hybridized carbons (Fsp3) is 0.0769. The van der Waals surface area contributed by atoms with Crippen molar-refractivity contribution < 1.29 is 16.6 Å². The lowest BCUT2D eigenvalue weighted by Gasteiger charge is -2.03. The van der Waals surface area contributed by atoms with Gasteiger partial charge in [0.2, 0.25) is 0 Å². The Kier molecular flexibility index (Phi) is 4.60. The van der Waals surface area contributed by atoms with Gasteiger partial charge in [0.15, 0.2) is 0 Å². The summed E-state index contributed by atoms with van der Waals surface area (Å²) >= 11 is 0.677. The van der Waals surface area contributed by atoms with Crippen LogP contribution in [0.15, 0.2) is 54.6 Å². The minimum absolute atomic E-state index is 0.342. The molecule has 1 N–H and O–H groups in total. The Hall–Kier alpha value is -1.34. The van der Waals surface area contributed by atoms with Gasteiger partial charge < -0.3 is 0 Å². The van der Waals surface area contributed by atoms with E-state index in [1.165, 1.54) is 0 Å². The lowest BCUT2D eigenvalue weighted by molar-refractivity contribution is 0.407. The van der Waals surface area contributed by atoms with Crippen LogP contribution in [-0.2, 0) is 19.8 Å². The highest BCUT2D eigenvalue weighted by Gasteiger charge is 2.05. The first-order chi connectivity index (χ1) is 9.04. The van der Waals surface area contributed by atoms with Crippen molar-refractivity contribution in [2.24, 2.45) is 0 Å². The molecule has 6 heteroatoms. The van der Waals surface area contributed by atoms with Gasteiger partial charge in [-0.05, 0) is 16.7 Å². The van der Waals surface area contributed by atoms with E-state index in [2.05, 4.69) is 3.63 Å². The van der Waals surface area contributed by atoms with Crippen LogP contribution in [0, 0.1) is 0 Å². The molecule has 0 aromatic heterocycles. The number of hydrogen-bond acceptors (Lipinski definition) is 4. The largest absolute Gasteiger partial charge is 0.408 e. The van der Waals surface area contributed by atoms with Crippen LogP contribution in [0.4, 0.5) is 0 Å². The minimum Gasteiger partial charge on any atom is -0.263 e. The van der Waals surface area contributed by atoms with Crippen molar-refractivity contribution in [1.82, 2.24) is 0 Å². The molecule has 19 heavy (non-hydrogen) atoms. The van der Waals surface area contributed by atoms with Gasteiger partial charge in [0.1, 0.15) is 0 Å². The Morgan fingerprint density at radius 1 is 0.947 bits per heavy atom. The molecule has 100 valence electrons. The maximum atomic E-state index is 10.4. The summed E-state index contributed by atoms with van der Waals surface area (Å²) in [4.78, 5) is 0. The third-order valence-electron chi connectivity index (χ3n) is 2.42. The molecule has 0 aliphatic rings. The van der Waals surface area contributed by atoms with E-state index in [1.807, 2.05) is 54.6 Å². The monoisotopic (exact) mass is 296 g/mol. The molecule has 0 aliphatic carbocycles. The molecule has 2 rings (SSSR count). The lowest BCUT2D eigenvalue weighted by atomic mass is 10.0. The third-order valence-corrected chi connectivity index (χ3v) is 3.94. The van der Waals surface area contributed by atoms with Crippen LogP contribution in [0.2, 0.25) is 0 Å². The van der Waals surface area contributed by atoms with E-state index in [0.717, 1.165) is 16.7 Å². The summed E-state index contributed by atoms with van der Waals surface area (Å²) < 4.78 is 33.4. The van der Waals surface area contributed by atoms with Crippen molar-refractivity contribution >= 4 is 22.4 Å². The van der Waals surface area contributed by atoms with Crippen LogP contribution in [0.3, 0.4) is 0 Å². The molecule has 0 heterocycles. The van der Waals surface area contributed by atoms with Crippen molar-refractivity contribution in [3.05, 3.63) is 60.2 Å². The van der Waals surface area contributed by atoms with Crippen LogP contribution in [0.25, 0.3) is 11.1 Å². The van der Waals surface area contributed by atoms with Gasteiger partial charge in [-0.1, -0.05) is 54.6 Å². The zero-order chi connectivity index (χ0) is 13.7. The third kappa shape index (κ3) is 4.68.